The summed E-state index contributed by atoms with van der Waals surface area (Å²) >= 11 is 0. The van der Waals surface area contributed by atoms with Gasteiger partial charge < -0.3 is 25.5 Å². The van der Waals surface area contributed by atoms with Crippen molar-refractivity contribution in [1.29, 1.82) is 0 Å². The van der Waals surface area contributed by atoms with Crippen molar-refractivity contribution >= 4 is 5.97 Å². The minimum Gasteiger partial charge on any atom is -0.481 e. The molecule has 4 heterocycles. The predicted octanol–water partition coefficient (Wildman–Crippen LogP) is 2.36. The molecule has 32 heavy (non-hydrogen) atoms. The largest absolute Gasteiger partial charge is 0.481 e. The van der Waals surface area contributed by atoms with Crippen LogP contribution in [-0.2, 0) is 19.9 Å². The van der Waals surface area contributed by atoms with Gasteiger partial charge >= 0.3 is 5.97 Å². The third-order valence-corrected chi connectivity index (χ3v) is 7.06. The van der Waals surface area contributed by atoms with E-state index in [1.54, 1.807) is 19.4 Å². The number of carboxylic acid groups (broad SMARTS) is 1. The Morgan fingerprint density at radius 1 is 1.28 bits per heavy atom. The summed E-state index contributed by atoms with van der Waals surface area (Å²) in [6.07, 6.45) is 5.06. The van der Waals surface area contributed by atoms with Crippen LogP contribution in [0.4, 0.5) is 0 Å². The minimum absolute atomic E-state index is 0.0963. The van der Waals surface area contributed by atoms with E-state index in [1.165, 1.54) is 0 Å². The summed E-state index contributed by atoms with van der Waals surface area (Å²) in [4.78, 5) is 21.3. The topological polar surface area (TPSA) is 115 Å². The molecule has 1 aliphatic carbocycles. The number of carboxylic acids is 1. The maximum atomic E-state index is 12.4. The highest BCUT2D eigenvalue weighted by Gasteiger charge is 2.43. The summed E-state index contributed by atoms with van der Waals surface area (Å²) in [6, 6.07) is 5.77. The SMILES string of the molecule is COc1ccc(-c2cc3c(cn2)CCc2c(C(=O)O)c(C(C)C4(N)CNC4)n(C)c2-3)cn1. The molecule has 8 heteroatoms. The van der Waals surface area contributed by atoms with Crippen molar-refractivity contribution in [3.05, 3.63) is 53.0 Å². The maximum absolute atomic E-state index is 12.4. The van der Waals surface area contributed by atoms with Gasteiger partial charge in [0.1, 0.15) is 0 Å². The van der Waals surface area contributed by atoms with Crippen molar-refractivity contribution in [2.75, 3.05) is 20.2 Å². The van der Waals surface area contributed by atoms with Gasteiger partial charge in [-0.15, -0.1) is 0 Å². The highest BCUT2D eigenvalue weighted by atomic mass is 16.5. The van der Waals surface area contributed by atoms with E-state index in [0.717, 1.165) is 45.8 Å². The molecule has 0 bridgehead atoms. The lowest BCUT2D eigenvalue weighted by Gasteiger charge is -2.44. The Labute approximate surface area is 186 Å². The number of ether oxygens (including phenoxy) is 1. The Balaban J connectivity index is 1.67. The zero-order valence-electron chi connectivity index (χ0n) is 18.5. The number of nitrogens with zero attached hydrogens (tertiary/aromatic N) is 3. The van der Waals surface area contributed by atoms with Crippen LogP contribution in [0.5, 0.6) is 5.88 Å². The third-order valence-electron chi connectivity index (χ3n) is 7.06. The van der Waals surface area contributed by atoms with Crippen molar-refractivity contribution in [1.82, 2.24) is 19.9 Å². The van der Waals surface area contributed by atoms with E-state index in [4.69, 9.17) is 10.5 Å². The van der Waals surface area contributed by atoms with Crippen LogP contribution in [-0.4, -0.2) is 51.3 Å². The number of aromatic carboxylic acids is 1. The molecule has 2 aliphatic rings. The maximum Gasteiger partial charge on any atom is 0.337 e. The lowest BCUT2D eigenvalue weighted by atomic mass is 9.77. The second kappa shape index (κ2) is 7.43. The number of rotatable bonds is 5. The molecule has 0 spiro atoms. The van der Waals surface area contributed by atoms with Gasteiger partial charge in [0.2, 0.25) is 5.88 Å². The van der Waals surface area contributed by atoms with Crippen LogP contribution in [0.1, 0.15) is 40.0 Å². The number of fused-ring (bicyclic) bond motifs is 3. The van der Waals surface area contributed by atoms with Crippen LogP contribution >= 0.6 is 0 Å². The monoisotopic (exact) mass is 433 g/mol. The van der Waals surface area contributed by atoms with Gasteiger partial charge in [0.25, 0.3) is 0 Å². The van der Waals surface area contributed by atoms with Crippen LogP contribution in [0.2, 0.25) is 0 Å². The standard InChI is InChI=1S/C24H27N5O3/c1-13(24(25)11-26-12-24)21-20(23(30)31)16-6-4-14-9-27-18(8-17(14)22(16)29(21)2)15-5-7-19(32-3)28-10-15/h5,7-10,13,26H,4,6,11-12,25H2,1-3H3,(H,30,31). The average Bonchev–Trinajstić information content (AvgIpc) is 3.09. The molecule has 0 aromatic carbocycles. The molecule has 3 aromatic rings. The zero-order chi connectivity index (χ0) is 22.6. The zero-order valence-corrected chi connectivity index (χ0v) is 18.5. The van der Waals surface area contributed by atoms with Crippen LogP contribution < -0.4 is 15.8 Å². The van der Waals surface area contributed by atoms with E-state index in [0.29, 0.717) is 31.0 Å². The van der Waals surface area contributed by atoms with Gasteiger partial charge in [0.05, 0.1) is 24.1 Å². The van der Waals surface area contributed by atoms with Gasteiger partial charge in [-0.2, -0.15) is 0 Å². The molecule has 166 valence electrons. The first kappa shape index (κ1) is 20.7. The smallest absolute Gasteiger partial charge is 0.337 e. The Hall–Kier alpha value is -3.23. The Morgan fingerprint density at radius 2 is 2.06 bits per heavy atom. The number of nitrogens with one attached hydrogen (secondary N) is 1. The fourth-order valence-electron chi connectivity index (χ4n) is 5.06. The van der Waals surface area contributed by atoms with E-state index in [-0.39, 0.29) is 5.92 Å². The highest BCUT2D eigenvalue weighted by Crippen LogP contribution is 2.43. The van der Waals surface area contributed by atoms with Gasteiger partial charge in [-0.1, -0.05) is 6.92 Å². The molecule has 1 atom stereocenters. The third kappa shape index (κ3) is 3.02. The molecule has 3 aromatic heterocycles. The molecule has 8 nitrogen and oxygen atoms in total. The molecule has 5 rings (SSSR count). The summed E-state index contributed by atoms with van der Waals surface area (Å²) in [6.45, 7) is 3.40. The molecule has 0 amide bonds. The first-order chi connectivity index (χ1) is 15.3. The Morgan fingerprint density at radius 3 is 2.66 bits per heavy atom. The number of methoxy groups -OCH3 is 1. The van der Waals surface area contributed by atoms with E-state index in [2.05, 4.69) is 15.3 Å². The van der Waals surface area contributed by atoms with Gasteiger partial charge in [-0.05, 0) is 36.1 Å². The number of carbonyl (C=O) groups is 1. The Kier molecular flexibility index (Phi) is 4.79. The van der Waals surface area contributed by atoms with Gasteiger partial charge in [0, 0.05) is 66.9 Å². The summed E-state index contributed by atoms with van der Waals surface area (Å²) in [7, 11) is 3.54. The minimum atomic E-state index is -0.892. The van der Waals surface area contributed by atoms with Crippen LogP contribution in [0, 0.1) is 0 Å². The molecule has 1 aliphatic heterocycles. The van der Waals surface area contributed by atoms with Crippen molar-refractivity contribution < 1.29 is 14.6 Å². The van der Waals surface area contributed by atoms with E-state index >= 15 is 0 Å². The molecule has 1 unspecified atom stereocenters. The number of aromatic nitrogens is 3. The number of nitrogens with two attached hydrogens (primary N) is 1. The van der Waals surface area contributed by atoms with Crippen molar-refractivity contribution in [3.63, 3.8) is 0 Å². The molecule has 1 fully saturated rings. The second-order valence-corrected chi connectivity index (χ2v) is 8.83. The quantitative estimate of drug-likeness (QED) is 0.566. The first-order valence-corrected chi connectivity index (χ1v) is 10.8. The molecule has 4 N–H and O–H groups in total. The lowest BCUT2D eigenvalue weighted by molar-refractivity contribution is 0.0692. The van der Waals surface area contributed by atoms with Crippen LogP contribution in [0.3, 0.4) is 0 Å². The van der Waals surface area contributed by atoms with Crippen molar-refractivity contribution in [2.45, 2.75) is 31.2 Å². The Bertz CT molecular complexity index is 1210. The number of aryl methyl sites for hydroxylation is 1. The molecule has 1 saturated heterocycles. The number of pyridine rings is 2. The summed E-state index contributed by atoms with van der Waals surface area (Å²) in [5, 5.41) is 13.4. The average molecular weight is 434 g/mol. The van der Waals surface area contributed by atoms with E-state index in [1.807, 2.05) is 36.9 Å². The molecule has 0 radical (unpaired) electrons. The molecular weight excluding hydrogens is 406 g/mol. The fourth-order valence-corrected chi connectivity index (χ4v) is 5.06. The summed E-state index contributed by atoms with van der Waals surface area (Å²) in [5.74, 6) is -0.444. The summed E-state index contributed by atoms with van der Waals surface area (Å²) < 4.78 is 7.20. The molecular formula is C24H27N5O3. The number of hydrogen-bond acceptors (Lipinski definition) is 6. The van der Waals surface area contributed by atoms with Crippen LogP contribution in [0.15, 0.2) is 30.6 Å². The second-order valence-electron chi connectivity index (χ2n) is 8.83. The van der Waals surface area contributed by atoms with Crippen molar-refractivity contribution in [3.8, 4) is 28.4 Å². The summed E-state index contributed by atoms with van der Waals surface area (Å²) in [5.41, 5.74) is 13.0. The fraction of sp³-hybridized carbons (Fsp3) is 0.375. The first-order valence-electron chi connectivity index (χ1n) is 10.8. The van der Waals surface area contributed by atoms with Gasteiger partial charge in [-0.25, -0.2) is 9.78 Å². The van der Waals surface area contributed by atoms with E-state index in [9.17, 15) is 9.90 Å². The van der Waals surface area contributed by atoms with E-state index < -0.39 is 11.5 Å². The number of hydrogen-bond donors (Lipinski definition) is 3. The normalized spacial score (nSPS) is 17.1. The predicted molar refractivity (Wildman–Crippen MR) is 121 cm³/mol. The highest BCUT2D eigenvalue weighted by molar-refractivity contribution is 5.95. The van der Waals surface area contributed by atoms with Gasteiger partial charge in [0.15, 0.2) is 0 Å². The van der Waals surface area contributed by atoms with Crippen molar-refractivity contribution in [2.24, 2.45) is 12.8 Å². The van der Waals surface area contributed by atoms with Crippen LogP contribution in [0.25, 0.3) is 22.5 Å². The lowest BCUT2D eigenvalue weighted by Crippen LogP contribution is -2.68. The van der Waals surface area contributed by atoms with Gasteiger partial charge in [-0.3, -0.25) is 4.98 Å². The molecule has 0 saturated carbocycles.